The number of carbonyl (C=O) groups is 1. The van der Waals surface area contributed by atoms with Gasteiger partial charge in [0, 0.05) is 12.2 Å². The summed E-state index contributed by atoms with van der Waals surface area (Å²) in [6, 6.07) is 5.19. The number of aromatic nitrogens is 4. The molecule has 10 heteroatoms. The standard InChI is InChI=1S/C15H16N6O2S2/c1-3-6-16-14-20-21-15(25-14)24-8(2)12(22)17-9-4-5-10-11(7-9)19-13(23)18-10/h3-5,7-8H,1,6H2,2H3,(H,16,20)(H,17,22)(H2,18,19,23). The van der Waals surface area contributed by atoms with Gasteiger partial charge in [-0.2, -0.15) is 0 Å². The molecular weight excluding hydrogens is 360 g/mol. The highest BCUT2D eigenvalue weighted by Crippen LogP contribution is 2.29. The van der Waals surface area contributed by atoms with Crippen molar-refractivity contribution in [2.45, 2.75) is 16.5 Å². The molecule has 25 heavy (non-hydrogen) atoms. The number of carbonyl (C=O) groups excluding carboxylic acids is 1. The number of fused-ring (bicyclic) bond motifs is 1. The number of nitrogens with one attached hydrogen (secondary N) is 4. The molecule has 0 bridgehead atoms. The molecule has 0 radical (unpaired) electrons. The topological polar surface area (TPSA) is 116 Å². The van der Waals surface area contributed by atoms with Crippen LogP contribution in [-0.4, -0.2) is 37.9 Å². The van der Waals surface area contributed by atoms with Gasteiger partial charge >= 0.3 is 5.69 Å². The maximum absolute atomic E-state index is 12.4. The molecule has 1 aromatic carbocycles. The number of anilines is 2. The number of imidazole rings is 1. The summed E-state index contributed by atoms with van der Waals surface area (Å²) in [7, 11) is 0. The number of nitrogens with zero attached hydrogens (tertiary/aromatic N) is 2. The lowest BCUT2D eigenvalue weighted by Crippen LogP contribution is -2.22. The number of amides is 1. The van der Waals surface area contributed by atoms with Gasteiger partial charge in [-0.1, -0.05) is 29.2 Å². The van der Waals surface area contributed by atoms with Gasteiger partial charge in [0.1, 0.15) is 0 Å². The number of benzene rings is 1. The van der Waals surface area contributed by atoms with Gasteiger partial charge in [-0.15, -0.1) is 16.8 Å². The molecule has 0 spiro atoms. The van der Waals surface area contributed by atoms with Crippen LogP contribution in [0, 0.1) is 0 Å². The van der Waals surface area contributed by atoms with E-state index in [-0.39, 0.29) is 16.8 Å². The summed E-state index contributed by atoms with van der Waals surface area (Å²) in [6.07, 6.45) is 1.73. The third-order valence-corrected chi connectivity index (χ3v) is 5.30. The summed E-state index contributed by atoms with van der Waals surface area (Å²) >= 11 is 2.72. The molecule has 2 heterocycles. The number of hydrogen-bond acceptors (Lipinski definition) is 7. The van der Waals surface area contributed by atoms with E-state index < -0.39 is 0 Å². The highest BCUT2D eigenvalue weighted by molar-refractivity contribution is 8.02. The molecule has 0 aliphatic heterocycles. The maximum Gasteiger partial charge on any atom is 0.323 e. The monoisotopic (exact) mass is 376 g/mol. The SMILES string of the molecule is C=CCNc1nnc(SC(C)C(=O)Nc2ccc3[nH]c(=O)[nH]c3c2)s1. The van der Waals surface area contributed by atoms with Crippen LogP contribution in [0.15, 0.2) is 40.0 Å². The molecule has 3 aromatic rings. The van der Waals surface area contributed by atoms with Gasteiger partial charge in [0.15, 0.2) is 4.34 Å². The normalized spacial score (nSPS) is 12.0. The molecule has 1 amide bonds. The smallest absolute Gasteiger partial charge is 0.323 e. The van der Waals surface area contributed by atoms with E-state index in [1.807, 2.05) is 0 Å². The average molecular weight is 376 g/mol. The lowest BCUT2D eigenvalue weighted by Gasteiger charge is -2.10. The van der Waals surface area contributed by atoms with E-state index in [1.165, 1.54) is 23.1 Å². The Balaban J connectivity index is 1.62. The van der Waals surface area contributed by atoms with Crippen molar-refractivity contribution in [3.63, 3.8) is 0 Å². The summed E-state index contributed by atoms with van der Waals surface area (Å²) in [5.74, 6) is -0.155. The third kappa shape index (κ3) is 4.28. The lowest BCUT2D eigenvalue weighted by molar-refractivity contribution is -0.115. The minimum atomic E-state index is -0.346. The van der Waals surface area contributed by atoms with Crippen molar-refractivity contribution in [1.82, 2.24) is 20.2 Å². The van der Waals surface area contributed by atoms with Gasteiger partial charge in [-0.05, 0) is 25.1 Å². The van der Waals surface area contributed by atoms with Crippen molar-refractivity contribution in [2.24, 2.45) is 0 Å². The third-order valence-electron chi connectivity index (χ3n) is 3.23. The molecule has 4 N–H and O–H groups in total. The second kappa shape index (κ2) is 7.53. The number of thioether (sulfide) groups is 1. The van der Waals surface area contributed by atoms with E-state index in [9.17, 15) is 9.59 Å². The summed E-state index contributed by atoms with van der Waals surface area (Å²) in [6.45, 7) is 6.04. The Morgan fingerprint density at radius 2 is 2.20 bits per heavy atom. The van der Waals surface area contributed by atoms with Gasteiger partial charge in [0.05, 0.1) is 16.3 Å². The van der Waals surface area contributed by atoms with E-state index in [2.05, 4.69) is 37.4 Å². The fourth-order valence-electron chi connectivity index (χ4n) is 2.05. The Hall–Kier alpha value is -2.59. The Morgan fingerprint density at radius 3 is 3.00 bits per heavy atom. The molecule has 3 rings (SSSR count). The predicted molar refractivity (Wildman–Crippen MR) is 101 cm³/mol. The average Bonchev–Trinajstić information content (AvgIpc) is 3.17. The van der Waals surface area contributed by atoms with Crippen molar-refractivity contribution in [3.8, 4) is 0 Å². The quantitative estimate of drug-likeness (QED) is 0.372. The molecule has 8 nitrogen and oxygen atoms in total. The van der Waals surface area contributed by atoms with Gasteiger partial charge < -0.3 is 20.6 Å². The molecule has 1 unspecified atom stereocenters. The fraction of sp³-hybridized carbons (Fsp3) is 0.200. The van der Waals surface area contributed by atoms with E-state index >= 15 is 0 Å². The Kier molecular flexibility index (Phi) is 5.19. The largest absolute Gasteiger partial charge is 0.357 e. The number of rotatable bonds is 7. The van der Waals surface area contributed by atoms with Crippen LogP contribution in [0.4, 0.5) is 10.8 Å². The molecule has 1 atom stereocenters. The van der Waals surface area contributed by atoms with Crippen molar-refractivity contribution in [3.05, 3.63) is 41.3 Å². The Morgan fingerprint density at radius 1 is 1.40 bits per heavy atom. The van der Waals surface area contributed by atoms with Crippen molar-refractivity contribution in [2.75, 3.05) is 17.2 Å². The first-order valence-corrected chi connectivity index (χ1v) is 9.12. The minimum Gasteiger partial charge on any atom is -0.357 e. The zero-order valence-corrected chi connectivity index (χ0v) is 15.0. The molecule has 0 aliphatic rings. The minimum absolute atomic E-state index is 0.155. The summed E-state index contributed by atoms with van der Waals surface area (Å²) in [5, 5.41) is 14.3. The van der Waals surface area contributed by atoms with Crippen LogP contribution < -0.4 is 16.3 Å². The number of H-pyrrole nitrogens is 2. The van der Waals surface area contributed by atoms with E-state index in [4.69, 9.17) is 0 Å². The summed E-state index contributed by atoms with van der Waals surface area (Å²) in [5.41, 5.74) is 1.68. The number of aromatic amines is 2. The second-order valence-electron chi connectivity index (χ2n) is 5.13. The molecule has 0 fully saturated rings. The highest BCUT2D eigenvalue weighted by Gasteiger charge is 2.17. The fourth-order valence-corrected chi connectivity index (χ4v) is 3.95. The first-order valence-electron chi connectivity index (χ1n) is 7.43. The van der Waals surface area contributed by atoms with Gasteiger partial charge in [-0.25, -0.2) is 4.79 Å². The van der Waals surface area contributed by atoms with Crippen molar-refractivity contribution < 1.29 is 4.79 Å². The second-order valence-corrected chi connectivity index (χ2v) is 7.70. The van der Waals surface area contributed by atoms with Crippen molar-refractivity contribution >= 4 is 50.9 Å². The molecule has 0 aliphatic carbocycles. The van der Waals surface area contributed by atoms with Crippen LogP contribution in [0.5, 0.6) is 0 Å². The maximum atomic E-state index is 12.4. The van der Waals surface area contributed by atoms with E-state index in [0.29, 0.717) is 32.7 Å². The van der Waals surface area contributed by atoms with E-state index in [0.717, 1.165) is 0 Å². The van der Waals surface area contributed by atoms with E-state index in [1.54, 1.807) is 31.2 Å². The zero-order valence-electron chi connectivity index (χ0n) is 13.3. The van der Waals surface area contributed by atoms with Crippen LogP contribution in [-0.2, 0) is 4.79 Å². The zero-order chi connectivity index (χ0) is 17.8. The molecule has 2 aromatic heterocycles. The predicted octanol–water partition coefficient (Wildman–Crippen LogP) is 2.42. The molecule has 0 saturated carbocycles. The van der Waals surface area contributed by atoms with Crippen LogP contribution in [0.1, 0.15) is 6.92 Å². The Labute approximate surface area is 151 Å². The van der Waals surface area contributed by atoms with Gasteiger partial charge in [-0.3, -0.25) is 4.79 Å². The lowest BCUT2D eigenvalue weighted by atomic mass is 10.2. The van der Waals surface area contributed by atoms with Gasteiger partial charge in [0.2, 0.25) is 11.0 Å². The molecule has 130 valence electrons. The first-order chi connectivity index (χ1) is 12.0. The number of hydrogen-bond donors (Lipinski definition) is 4. The van der Waals surface area contributed by atoms with Crippen LogP contribution >= 0.6 is 23.1 Å². The van der Waals surface area contributed by atoms with Crippen molar-refractivity contribution in [1.29, 1.82) is 0 Å². The molecular formula is C15H16N6O2S2. The Bertz CT molecular complexity index is 960. The van der Waals surface area contributed by atoms with Crippen LogP contribution in [0.25, 0.3) is 11.0 Å². The first kappa shape index (κ1) is 17.2. The highest BCUT2D eigenvalue weighted by atomic mass is 32.2. The van der Waals surface area contributed by atoms with Crippen LogP contribution in [0.3, 0.4) is 0 Å². The van der Waals surface area contributed by atoms with Crippen LogP contribution in [0.2, 0.25) is 0 Å². The summed E-state index contributed by atoms with van der Waals surface area (Å²) < 4.78 is 0.708. The molecule has 0 saturated heterocycles. The van der Waals surface area contributed by atoms with Gasteiger partial charge in [0.25, 0.3) is 0 Å². The summed E-state index contributed by atoms with van der Waals surface area (Å²) in [4.78, 5) is 29.0.